The summed E-state index contributed by atoms with van der Waals surface area (Å²) < 4.78 is 38.8. The highest BCUT2D eigenvalue weighted by atomic mass is 19.3. The molecule has 0 unspecified atom stereocenters. The zero-order chi connectivity index (χ0) is 25.1. The van der Waals surface area contributed by atoms with Gasteiger partial charge in [-0.1, -0.05) is 30.3 Å². The molecular formula is C26H26F2N4O3. The van der Waals surface area contributed by atoms with Crippen LogP contribution in [0.15, 0.2) is 59.5 Å². The minimum absolute atomic E-state index is 0.0444. The van der Waals surface area contributed by atoms with Gasteiger partial charge in [0.2, 0.25) is 0 Å². The number of fused-ring (bicyclic) bond motifs is 1. The molecule has 2 heterocycles. The number of para-hydroxylation sites is 1. The Bertz CT molecular complexity index is 1420. The number of rotatable bonds is 8. The van der Waals surface area contributed by atoms with Crippen molar-refractivity contribution >= 4 is 16.7 Å². The number of nitrogens with zero attached hydrogens (tertiary/aromatic N) is 3. The van der Waals surface area contributed by atoms with Crippen molar-refractivity contribution in [2.75, 3.05) is 19.5 Å². The van der Waals surface area contributed by atoms with E-state index in [4.69, 9.17) is 9.47 Å². The van der Waals surface area contributed by atoms with Crippen LogP contribution in [-0.2, 0) is 13.5 Å². The first-order valence-electron chi connectivity index (χ1n) is 11.0. The molecule has 0 radical (unpaired) electrons. The van der Waals surface area contributed by atoms with Gasteiger partial charge in [-0.2, -0.15) is 5.10 Å². The van der Waals surface area contributed by atoms with Crippen LogP contribution in [0.5, 0.6) is 11.5 Å². The molecule has 0 aliphatic carbocycles. The Kier molecular flexibility index (Phi) is 6.95. The van der Waals surface area contributed by atoms with Gasteiger partial charge in [0.05, 0.1) is 32.0 Å². The number of hydrogen-bond acceptors (Lipinski definition) is 6. The van der Waals surface area contributed by atoms with Crippen LogP contribution in [0, 0.1) is 0 Å². The van der Waals surface area contributed by atoms with Crippen LogP contribution < -0.4 is 20.3 Å². The molecule has 0 amide bonds. The van der Waals surface area contributed by atoms with Gasteiger partial charge < -0.3 is 19.4 Å². The Hall–Kier alpha value is -4.01. The molecule has 4 aromatic rings. The number of methoxy groups -OCH3 is 2. The minimum Gasteiger partial charge on any atom is -0.493 e. The van der Waals surface area contributed by atoms with Crippen molar-refractivity contribution in [1.82, 2.24) is 14.8 Å². The third-order valence-corrected chi connectivity index (χ3v) is 6.01. The summed E-state index contributed by atoms with van der Waals surface area (Å²) in [6.07, 6.45) is -0.707. The fourth-order valence-electron chi connectivity index (χ4n) is 4.14. The lowest BCUT2D eigenvalue weighted by molar-refractivity contribution is 0.151. The molecule has 9 heteroatoms. The van der Waals surface area contributed by atoms with E-state index in [1.807, 2.05) is 19.1 Å². The predicted octanol–water partition coefficient (Wildman–Crippen LogP) is 5.05. The van der Waals surface area contributed by atoms with Gasteiger partial charge in [0.1, 0.15) is 0 Å². The average molecular weight is 481 g/mol. The summed E-state index contributed by atoms with van der Waals surface area (Å²) in [5.41, 5.74) is 2.41. The smallest absolute Gasteiger partial charge is 0.263 e. The van der Waals surface area contributed by atoms with Crippen molar-refractivity contribution in [3.05, 3.63) is 87.3 Å². The third-order valence-electron chi connectivity index (χ3n) is 6.01. The van der Waals surface area contributed by atoms with Crippen LogP contribution in [0.3, 0.4) is 0 Å². The second kappa shape index (κ2) is 10.1. The van der Waals surface area contributed by atoms with E-state index in [2.05, 4.69) is 15.5 Å². The van der Waals surface area contributed by atoms with Crippen molar-refractivity contribution in [1.29, 1.82) is 0 Å². The Morgan fingerprint density at radius 2 is 1.77 bits per heavy atom. The first-order chi connectivity index (χ1) is 16.8. The number of pyridine rings is 1. The highest BCUT2D eigenvalue weighted by Crippen LogP contribution is 2.33. The number of aryl methyl sites for hydroxylation is 1. The molecule has 0 bridgehead atoms. The number of benzene rings is 2. The fraction of sp³-hybridized carbons (Fsp3) is 0.269. The molecular weight excluding hydrogens is 454 g/mol. The fourth-order valence-corrected chi connectivity index (χ4v) is 4.14. The van der Waals surface area contributed by atoms with Crippen molar-refractivity contribution in [3.8, 4) is 11.5 Å². The summed E-state index contributed by atoms with van der Waals surface area (Å²) >= 11 is 0. The summed E-state index contributed by atoms with van der Waals surface area (Å²) in [5.74, 6) is 1.60. The molecule has 0 saturated carbocycles. The van der Waals surface area contributed by atoms with Gasteiger partial charge in [-0.25, -0.2) is 8.78 Å². The molecule has 182 valence electrons. The Morgan fingerprint density at radius 3 is 2.49 bits per heavy atom. The highest BCUT2D eigenvalue weighted by molar-refractivity contribution is 5.89. The van der Waals surface area contributed by atoms with Crippen molar-refractivity contribution < 1.29 is 18.3 Å². The predicted molar refractivity (Wildman–Crippen MR) is 131 cm³/mol. The van der Waals surface area contributed by atoms with Crippen LogP contribution in [-0.4, -0.2) is 29.0 Å². The van der Waals surface area contributed by atoms with E-state index in [9.17, 15) is 13.6 Å². The van der Waals surface area contributed by atoms with E-state index in [1.54, 1.807) is 45.5 Å². The minimum atomic E-state index is -2.55. The standard InChI is InChI=1S/C26H26F2N4O3/c1-15(16-7-5-9-18(11-16)24(27)28)30-25-20-13-19(26(33)32(2)21(20)14-29-31-25)12-17-8-6-10-22(34-3)23(17)35-4/h5-11,13-15,24H,12H2,1-4H3,(H,30,31)/t15-/m1/s1. The van der Waals surface area contributed by atoms with Crippen LogP contribution >= 0.6 is 0 Å². The quantitative estimate of drug-likeness (QED) is 0.380. The summed E-state index contributed by atoms with van der Waals surface area (Å²) in [5, 5.41) is 12.2. The molecule has 35 heavy (non-hydrogen) atoms. The number of aromatic nitrogens is 3. The summed E-state index contributed by atoms with van der Waals surface area (Å²) in [7, 11) is 4.80. The van der Waals surface area contributed by atoms with Gasteiger partial charge in [0, 0.05) is 35.5 Å². The zero-order valence-electron chi connectivity index (χ0n) is 19.9. The number of nitrogens with one attached hydrogen (secondary N) is 1. The number of ether oxygens (including phenoxy) is 2. The van der Waals surface area contributed by atoms with Crippen LogP contribution in [0.2, 0.25) is 0 Å². The lowest BCUT2D eigenvalue weighted by atomic mass is 10.0. The van der Waals surface area contributed by atoms with Crippen LogP contribution in [0.4, 0.5) is 14.6 Å². The largest absolute Gasteiger partial charge is 0.493 e. The van der Waals surface area contributed by atoms with E-state index in [0.29, 0.717) is 45.8 Å². The molecule has 0 spiro atoms. The van der Waals surface area contributed by atoms with Gasteiger partial charge in [0.25, 0.3) is 12.0 Å². The first-order valence-corrected chi connectivity index (χ1v) is 11.0. The molecule has 7 nitrogen and oxygen atoms in total. The summed E-state index contributed by atoms with van der Waals surface area (Å²) in [6, 6.07) is 13.2. The highest BCUT2D eigenvalue weighted by Gasteiger charge is 2.17. The second-order valence-electron chi connectivity index (χ2n) is 8.19. The lowest BCUT2D eigenvalue weighted by Gasteiger charge is -2.18. The maximum absolute atomic E-state index is 13.2. The number of alkyl halides is 2. The maximum atomic E-state index is 13.2. The van der Waals surface area contributed by atoms with E-state index in [1.165, 1.54) is 22.9 Å². The van der Waals surface area contributed by atoms with Gasteiger partial charge >= 0.3 is 0 Å². The molecule has 0 aliphatic rings. The van der Waals surface area contributed by atoms with E-state index in [0.717, 1.165) is 5.56 Å². The van der Waals surface area contributed by atoms with Gasteiger partial charge in [-0.15, -0.1) is 5.10 Å². The Morgan fingerprint density at radius 1 is 1.03 bits per heavy atom. The SMILES string of the molecule is COc1cccc(Cc2cc3c(N[C@H](C)c4cccc(C(F)F)c4)nncc3n(C)c2=O)c1OC. The molecule has 0 saturated heterocycles. The lowest BCUT2D eigenvalue weighted by Crippen LogP contribution is -2.22. The van der Waals surface area contributed by atoms with Crippen LogP contribution in [0.1, 0.15) is 41.6 Å². The monoisotopic (exact) mass is 480 g/mol. The van der Waals surface area contributed by atoms with E-state index in [-0.39, 0.29) is 17.2 Å². The first kappa shape index (κ1) is 24.1. The maximum Gasteiger partial charge on any atom is 0.263 e. The number of hydrogen-bond donors (Lipinski definition) is 1. The Balaban J connectivity index is 1.75. The summed E-state index contributed by atoms with van der Waals surface area (Å²) in [6.45, 7) is 1.86. The van der Waals surface area contributed by atoms with Crippen molar-refractivity contribution in [2.45, 2.75) is 25.8 Å². The molecule has 4 rings (SSSR count). The number of halogens is 2. The number of anilines is 1. The van der Waals surface area contributed by atoms with E-state index < -0.39 is 6.43 Å². The zero-order valence-corrected chi connectivity index (χ0v) is 19.9. The topological polar surface area (TPSA) is 78.3 Å². The molecule has 2 aromatic heterocycles. The van der Waals surface area contributed by atoms with E-state index >= 15 is 0 Å². The third kappa shape index (κ3) is 4.80. The molecule has 1 N–H and O–H groups in total. The molecule has 2 aromatic carbocycles. The average Bonchev–Trinajstić information content (AvgIpc) is 2.87. The Labute approximate surface area is 201 Å². The molecule has 0 fully saturated rings. The normalized spacial score (nSPS) is 12.1. The van der Waals surface area contributed by atoms with Gasteiger partial charge in [-0.05, 0) is 30.7 Å². The van der Waals surface area contributed by atoms with Crippen molar-refractivity contribution in [2.24, 2.45) is 7.05 Å². The van der Waals surface area contributed by atoms with Crippen molar-refractivity contribution in [3.63, 3.8) is 0 Å². The van der Waals surface area contributed by atoms with Gasteiger partial charge in [0.15, 0.2) is 17.3 Å². The second-order valence-corrected chi connectivity index (χ2v) is 8.19. The molecule has 0 aliphatic heterocycles. The van der Waals surface area contributed by atoms with Crippen LogP contribution in [0.25, 0.3) is 10.9 Å². The van der Waals surface area contributed by atoms with Gasteiger partial charge in [-0.3, -0.25) is 4.79 Å². The summed E-state index contributed by atoms with van der Waals surface area (Å²) in [4.78, 5) is 13.1. The molecule has 1 atom stereocenters.